The Labute approximate surface area is 123 Å². The highest BCUT2D eigenvalue weighted by Crippen LogP contribution is 2.32. The second kappa shape index (κ2) is 6.02. The van der Waals surface area contributed by atoms with Crippen molar-refractivity contribution < 1.29 is 4.79 Å². The van der Waals surface area contributed by atoms with Gasteiger partial charge >= 0.3 is 0 Å². The first-order valence-corrected chi connectivity index (χ1v) is 8.15. The van der Waals surface area contributed by atoms with E-state index in [4.69, 9.17) is 5.73 Å². The number of rotatable bonds is 9. The molecule has 4 heteroatoms. The molecule has 2 fully saturated rings. The molecule has 2 aliphatic carbocycles. The quantitative estimate of drug-likeness (QED) is 0.678. The molecule has 20 heavy (non-hydrogen) atoms. The van der Waals surface area contributed by atoms with E-state index in [9.17, 15) is 4.79 Å². The van der Waals surface area contributed by atoms with Crippen molar-refractivity contribution in [2.45, 2.75) is 83.5 Å². The topological polar surface area (TPSA) is 58.4 Å². The number of carbonyl (C=O) groups excluding carboxylic acids is 1. The molecular formula is C16H31N3O. The molecule has 2 aliphatic rings. The predicted molar refractivity (Wildman–Crippen MR) is 82.4 cm³/mol. The second-order valence-electron chi connectivity index (χ2n) is 7.40. The van der Waals surface area contributed by atoms with Crippen molar-refractivity contribution in [1.82, 2.24) is 10.2 Å². The minimum atomic E-state index is -0.572. The van der Waals surface area contributed by atoms with Crippen molar-refractivity contribution in [3.8, 4) is 0 Å². The number of carbonyl (C=O) groups is 1. The van der Waals surface area contributed by atoms with Gasteiger partial charge in [-0.15, -0.1) is 0 Å². The Balaban J connectivity index is 1.97. The van der Waals surface area contributed by atoms with Gasteiger partial charge in [-0.05, 0) is 65.7 Å². The van der Waals surface area contributed by atoms with E-state index in [0.717, 1.165) is 18.9 Å². The van der Waals surface area contributed by atoms with Crippen LogP contribution in [0.3, 0.4) is 0 Å². The minimum absolute atomic E-state index is 0.216. The van der Waals surface area contributed by atoms with E-state index in [0.29, 0.717) is 18.1 Å². The average Bonchev–Trinajstić information content (AvgIpc) is 3.20. The van der Waals surface area contributed by atoms with E-state index in [1.165, 1.54) is 25.7 Å². The van der Waals surface area contributed by atoms with Gasteiger partial charge in [0.15, 0.2) is 0 Å². The number of hydrogen-bond acceptors (Lipinski definition) is 3. The first-order chi connectivity index (χ1) is 9.32. The van der Waals surface area contributed by atoms with Crippen LogP contribution in [0.2, 0.25) is 0 Å². The van der Waals surface area contributed by atoms with Crippen molar-refractivity contribution in [3.05, 3.63) is 0 Å². The monoisotopic (exact) mass is 281 g/mol. The zero-order chi connectivity index (χ0) is 14.9. The third-order valence-electron chi connectivity index (χ3n) is 4.74. The molecule has 2 unspecified atom stereocenters. The van der Waals surface area contributed by atoms with Gasteiger partial charge in [-0.1, -0.05) is 0 Å². The lowest BCUT2D eigenvalue weighted by Gasteiger charge is -2.38. The Bertz CT molecular complexity index is 350. The number of hydrogen-bond donors (Lipinski definition) is 2. The summed E-state index contributed by atoms with van der Waals surface area (Å²) in [7, 11) is 0. The van der Waals surface area contributed by atoms with Gasteiger partial charge in [-0.3, -0.25) is 9.69 Å². The Morgan fingerprint density at radius 3 is 2.30 bits per heavy atom. The molecule has 0 aliphatic heterocycles. The fraction of sp³-hybridized carbons (Fsp3) is 0.938. The number of nitrogens with two attached hydrogens (primary N) is 1. The maximum Gasteiger partial charge on any atom is 0.237 e. The summed E-state index contributed by atoms with van der Waals surface area (Å²) in [5, 5.41) is 3.46. The SMILES string of the molecule is CC(C)N(CC1CC1)C(C)CC(C)(NC1CC1)C(N)=O. The van der Waals surface area contributed by atoms with Crippen molar-refractivity contribution >= 4 is 5.91 Å². The van der Waals surface area contributed by atoms with Gasteiger partial charge in [0.25, 0.3) is 0 Å². The van der Waals surface area contributed by atoms with Gasteiger partial charge in [0.2, 0.25) is 5.91 Å². The van der Waals surface area contributed by atoms with Crippen LogP contribution in [0.4, 0.5) is 0 Å². The highest BCUT2D eigenvalue weighted by atomic mass is 16.1. The maximum absolute atomic E-state index is 11.9. The number of primary amides is 1. The van der Waals surface area contributed by atoms with Crippen LogP contribution < -0.4 is 11.1 Å². The lowest BCUT2D eigenvalue weighted by molar-refractivity contribution is -0.124. The second-order valence-corrected chi connectivity index (χ2v) is 7.40. The third kappa shape index (κ3) is 4.19. The molecule has 116 valence electrons. The first-order valence-electron chi connectivity index (χ1n) is 8.15. The molecule has 4 nitrogen and oxygen atoms in total. The Hall–Kier alpha value is -0.610. The van der Waals surface area contributed by atoms with Gasteiger partial charge in [-0.25, -0.2) is 0 Å². The Morgan fingerprint density at radius 2 is 1.90 bits per heavy atom. The number of amides is 1. The highest BCUT2D eigenvalue weighted by molar-refractivity contribution is 5.84. The number of nitrogens with one attached hydrogen (secondary N) is 1. The molecule has 1 amide bonds. The van der Waals surface area contributed by atoms with Crippen LogP contribution in [0, 0.1) is 5.92 Å². The molecule has 3 N–H and O–H groups in total. The number of nitrogens with zero attached hydrogens (tertiary/aromatic N) is 1. The molecule has 0 heterocycles. The van der Waals surface area contributed by atoms with Gasteiger partial charge < -0.3 is 11.1 Å². The van der Waals surface area contributed by atoms with Gasteiger partial charge in [0.05, 0.1) is 5.54 Å². The minimum Gasteiger partial charge on any atom is -0.368 e. The van der Waals surface area contributed by atoms with E-state index in [2.05, 4.69) is 31.0 Å². The lowest BCUT2D eigenvalue weighted by Crippen LogP contribution is -2.57. The van der Waals surface area contributed by atoms with Crippen LogP contribution in [0.15, 0.2) is 0 Å². The standard InChI is InChI=1S/C16H31N3O/c1-11(2)19(10-13-5-6-13)12(3)9-16(4,15(17)20)18-14-7-8-14/h11-14,18H,5-10H2,1-4H3,(H2,17,20). The fourth-order valence-corrected chi connectivity index (χ4v) is 3.12. The zero-order valence-electron chi connectivity index (χ0n) is 13.5. The largest absolute Gasteiger partial charge is 0.368 e. The molecule has 2 atom stereocenters. The van der Waals surface area contributed by atoms with E-state index < -0.39 is 5.54 Å². The van der Waals surface area contributed by atoms with Crippen LogP contribution in [-0.4, -0.2) is 41.0 Å². The summed E-state index contributed by atoms with van der Waals surface area (Å²) in [6.07, 6.45) is 5.87. The van der Waals surface area contributed by atoms with E-state index in [1.807, 2.05) is 6.92 Å². The molecule has 0 radical (unpaired) electrons. The van der Waals surface area contributed by atoms with Crippen LogP contribution in [0.25, 0.3) is 0 Å². The van der Waals surface area contributed by atoms with E-state index >= 15 is 0 Å². The van der Waals surface area contributed by atoms with Crippen molar-refractivity contribution in [2.24, 2.45) is 11.7 Å². The third-order valence-corrected chi connectivity index (χ3v) is 4.74. The Kier molecular flexibility index (Phi) is 4.75. The van der Waals surface area contributed by atoms with Crippen molar-refractivity contribution in [1.29, 1.82) is 0 Å². The van der Waals surface area contributed by atoms with Gasteiger partial charge in [0.1, 0.15) is 0 Å². The lowest BCUT2D eigenvalue weighted by atomic mass is 9.91. The van der Waals surface area contributed by atoms with Gasteiger partial charge in [0, 0.05) is 24.7 Å². The van der Waals surface area contributed by atoms with E-state index in [1.54, 1.807) is 0 Å². The molecular weight excluding hydrogens is 250 g/mol. The van der Waals surface area contributed by atoms with Crippen LogP contribution in [0.1, 0.15) is 59.8 Å². The first kappa shape index (κ1) is 15.8. The summed E-state index contributed by atoms with van der Waals surface area (Å²) < 4.78 is 0. The summed E-state index contributed by atoms with van der Waals surface area (Å²) in [6.45, 7) is 9.86. The molecule has 0 saturated heterocycles. The molecule has 0 aromatic carbocycles. The summed E-state index contributed by atoms with van der Waals surface area (Å²) in [5.41, 5.74) is 5.09. The normalized spacial score (nSPS) is 23.9. The van der Waals surface area contributed by atoms with E-state index in [-0.39, 0.29) is 5.91 Å². The molecule has 2 rings (SSSR count). The van der Waals surface area contributed by atoms with Crippen molar-refractivity contribution in [3.63, 3.8) is 0 Å². The molecule has 0 bridgehead atoms. The Morgan fingerprint density at radius 1 is 1.30 bits per heavy atom. The summed E-state index contributed by atoms with van der Waals surface area (Å²) >= 11 is 0. The average molecular weight is 281 g/mol. The van der Waals surface area contributed by atoms with Crippen LogP contribution in [-0.2, 0) is 4.79 Å². The summed E-state index contributed by atoms with van der Waals surface area (Å²) in [4.78, 5) is 14.4. The fourth-order valence-electron chi connectivity index (χ4n) is 3.12. The van der Waals surface area contributed by atoms with Crippen LogP contribution in [0.5, 0.6) is 0 Å². The smallest absolute Gasteiger partial charge is 0.237 e. The molecule has 0 spiro atoms. The summed E-state index contributed by atoms with van der Waals surface area (Å²) in [6, 6.07) is 1.39. The molecule has 0 aromatic rings. The highest BCUT2D eigenvalue weighted by Gasteiger charge is 2.39. The molecule has 0 aromatic heterocycles. The zero-order valence-corrected chi connectivity index (χ0v) is 13.5. The predicted octanol–water partition coefficient (Wildman–Crippen LogP) is 1.88. The summed E-state index contributed by atoms with van der Waals surface area (Å²) in [5.74, 6) is 0.655. The maximum atomic E-state index is 11.9. The van der Waals surface area contributed by atoms with Crippen molar-refractivity contribution in [2.75, 3.05) is 6.54 Å². The van der Waals surface area contributed by atoms with Gasteiger partial charge in [-0.2, -0.15) is 0 Å². The molecule has 2 saturated carbocycles. The van der Waals surface area contributed by atoms with Crippen LogP contribution >= 0.6 is 0 Å².